The quantitative estimate of drug-likeness (QED) is 0.708. The molecule has 0 amide bonds. The van der Waals surface area contributed by atoms with Crippen molar-refractivity contribution in [3.05, 3.63) is 0 Å². The van der Waals surface area contributed by atoms with Crippen molar-refractivity contribution < 1.29 is 5.11 Å². The maximum Gasteiger partial charge on any atom is 0.0471 e. The van der Waals surface area contributed by atoms with Gasteiger partial charge in [-0.05, 0) is 38.0 Å². The maximum absolute atomic E-state index is 9.13. The van der Waals surface area contributed by atoms with Crippen LogP contribution in [0.4, 0.5) is 0 Å². The molecule has 1 saturated carbocycles. The molecule has 0 heterocycles. The lowest BCUT2D eigenvalue weighted by Crippen LogP contribution is -2.41. The third kappa shape index (κ3) is 4.42. The molecule has 0 aromatic rings. The highest BCUT2D eigenvalue weighted by molar-refractivity contribution is 4.78. The predicted octanol–water partition coefficient (Wildman–Crippen LogP) is 2.95. The molecule has 2 heteroatoms. The Labute approximate surface area is 101 Å². The van der Waals surface area contributed by atoms with Gasteiger partial charge in [0.15, 0.2) is 0 Å². The lowest BCUT2D eigenvalue weighted by Gasteiger charge is -2.25. The van der Waals surface area contributed by atoms with Crippen molar-refractivity contribution in [1.29, 1.82) is 0 Å². The predicted molar refractivity (Wildman–Crippen MR) is 69.5 cm³/mol. The van der Waals surface area contributed by atoms with Crippen LogP contribution in [0.2, 0.25) is 0 Å². The third-order valence-corrected chi connectivity index (χ3v) is 4.31. The Morgan fingerprint density at radius 3 is 2.56 bits per heavy atom. The summed E-state index contributed by atoms with van der Waals surface area (Å²) in [5.74, 6) is 1.32. The topological polar surface area (TPSA) is 32.3 Å². The molecule has 0 aromatic carbocycles. The van der Waals surface area contributed by atoms with E-state index >= 15 is 0 Å². The van der Waals surface area contributed by atoms with E-state index in [9.17, 15) is 0 Å². The van der Waals surface area contributed by atoms with Gasteiger partial charge in [0, 0.05) is 18.7 Å². The first-order chi connectivity index (χ1) is 7.67. The van der Waals surface area contributed by atoms with E-state index in [2.05, 4.69) is 26.1 Å². The maximum atomic E-state index is 9.13. The Bertz CT molecular complexity index is 184. The van der Waals surface area contributed by atoms with Gasteiger partial charge < -0.3 is 10.4 Å². The summed E-state index contributed by atoms with van der Waals surface area (Å²) in [4.78, 5) is 0. The van der Waals surface area contributed by atoms with Gasteiger partial charge in [0.2, 0.25) is 0 Å². The van der Waals surface area contributed by atoms with Crippen LogP contribution in [-0.2, 0) is 0 Å². The largest absolute Gasteiger partial charge is 0.396 e. The lowest BCUT2D eigenvalue weighted by atomic mass is 9.97. The summed E-state index contributed by atoms with van der Waals surface area (Å²) in [6, 6.07) is 1.12. The van der Waals surface area contributed by atoms with Crippen LogP contribution in [0, 0.1) is 11.8 Å². The molecule has 16 heavy (non-hydrogen) atoms. The lowest BCUT2D eigenvalue weighted by molar-refractivity contribution is 0.198. The van der Waals surface area contributed by atoms with Crippen LogP contribution in [0.25, 0.3) is 0 Å². The zero-order valence-corrected chi connectivity index (χ0v) is 11.2. The fourth-order valence-corrected chi connectivity index (χ4v) is 2.65. The first-order valence-corrected chi connectivity index (χ1v) is 7.04. The third-order valence-electron chi connectivity index (χ3n) is 4.31. The van der Waals surface area contributed by atoms with Crippen molar-refractivity contribution in [2.45, 2.75) is 71.4 Å². The SMILES string of the molecule is CCC1CCCC(NC(C)C(C)CO)CC1. The molecular formula is C14H29NO. The number of rotatable bonds is 5. The molecular weight excluding hydrogens is 198 g/mol. The van der Waals surface area contributed by atoms with Gasteiger partial charge in [-0.3, -0.25) is 0 Å². The highest BCUT2D eigenvalue weighted by Gasteiger charge is 2.20. The molecule has 0 radical (unpaired) electrons. The molecule has 96 valence electrons. The monoisotopic (exact) mass is 227 g/mol. The van der Waals surface area contributed by atoms with E-state index in [1.165, 1.54) is 38.5 Å². The van der Waals surface area contributed by atoms with Crippen LogP contribution in [0.15, 0.2) is 0 Å². The van der Waals surface area contributed by atoms with E-state index in [0.29, 0.717) is 24.6 Å². The number of hydrogen-bond donors (Lipinski definition) is 2. The summed E-state index contributed by atoms with van der Waals surface area (Å²) < 4.78 is 0. The van der Waals surface area contributed by atoms with Gasteiger partial charge in [-0.2, -0.15) is 0 Å². The van der Waals surface area contributed by atoms with Gasteiger partial charge in [0.1, 0.15) is 0 Å². The second-order valence-corrected chi connectivity index (χ2v) is 5.59. The minimum absolute atomic E-state index is 0.290. The van der Waals surface area contributed by atoms with E-state index < -0.39 is 0 Å². The molecule has 0 bridgehead atoms. The molecule has 0 spiro atoms. The standard InChI is InChI=1S/C14H29NO/c1-4-13-6-5-7-14(9-8-13)15-12(3)11(2)10-16/h11-16H,4-10H2,1-3H3. The first kappa shape index (κ1) is 14.0. The Morgan fingerprint density at radius 1 is 1.19 bits per heavy atom. The van der Waals surface area contributed by atoms with Crippen LogP contribution in [-0.4, -0.2) is 23.8 Å². The van der Waals surface area contributed by atoms with Gasteiger partial charge in [-0.25, -0.2) is 0 Å². The summed E-state index contributed by atoms with van der Waals surface area (Å²) in [6.07, 6.45) is 8.15. The highest BCUT2D eigenvalue weighted by atomic mass is 16.3. The summed E-state index contributed by atoms with van der Waals surface area (Å²) in [6.45, 7) is 6.92. The average Bonchev–Trinajstić information content (AvgIpc) is 2.53. The van der Waals surface area contributed by atoms with Gasteiger partial charge in [0.05, 0.1) is 0 Å². The molecule has 2 N–H and O–H groups in total. The molecule has 1 aliphatic carbocycles. The number of nitrogens with one attached hydrogen (secondary N) is 1. The van der Waals surface area contributed by atoms with Crippen LogP contribution >= 0.6 is 0 Å². The average molecular weight is 227 g/mol. The molecule has 1 aliphatic rings. The normalized spacial score (nSPS) is 30.8. The summed E-state index contributed by atoms with van der Waals surface area (Å²) in [5, 5.41) is 12.8. The number of hydrogen-bond acceptors (Lipinski definition) is 2. The van der Waals surface area contributed by atoms with E-state index in [1.54, 1.807) is 0 Å². The van der Waals surface area contributed by atoms with E-state index in [4.69, 9.17) is 5.11 Å². The van der Waals surface area contributed by atoms with Gasteiger partial charge in [-0.15, -0.1) is 0 Å². The Morgan fingerprint density at radius 2 is 1.94 bits per heavy atom. The number of aliphatic hydroxyl groups excluding tert-OH is 1. The second-order valence-electron chi connectivity index (χ2n) is 5.59. The molecule has 0 aromatic heterocycles. The molecule has 2 nitrogen and oxygen atoms in total. The zero-order chi connectivity index (χ0) is 12.0. The van der Waals surface area contributed by atoms with Gasteiger partial charge >= 0.3 is 0 Å². The van der Waals surface area contributed by atoms with Crippen molar-refractivity contribution in [3.8, 4) is 0 Å². The Kier molecular flexibility index (Phi) is 6.37. The smallest absolute Gasteiger partial charge is 0.0471 e. The zero-order valence-electron chi connectivity index (χ0n) is 11.2. The minimum Gasteiger partial charge on any atom is -0.396 e. The van der Waals surface area contributed by atoms with Crippen LogP contribution in [0.5, 0.6) is 0 Å². The summed E-state index contributed by atoms with van der Waals surface area (Å²) in [5.41, 5.74) is 0. The summed E-state index contributed by atoms with van der Waals surface area (Å²) >= 11 is 0. The van der Waals surface area contributed by atoms with E-state index in [1.807, 2.05) is 0 Å². The molecule has 4 atom stereocenters. The van der Waals surface area contributed by atoms with Crippen LogP contribution < -0.4 is 5.32 Å². The van der Waals surface area contributed by atoms with E-state index in [-0.39, 0.29) is 0 Å². The van der Waals surface area contributed by atoms with Gasteiger partial charge in [-0.1, -0.05) is 33.1 Å². The fraction of sp³-hybridized carbons (Fsp3) is 1.00. The van der Waals surface area contributed by atoms with Crippen molar-refractivity contribution in [3.63, 3.8) is 0 Å². The van der Waals surface area contributed by atoms with Crippen LogP contribution in [0.3, 0.4) is 0 Å². The van der Waals surface area contributed by atoms with Gasteiger partial charge in [0.25, 0.3) is 0 Å². The summed E-state index contributed by atoms with van der Waals surface area (Å²) in [7, 11) is 0. The second kappa shape index (κ2) is 7.29. The van der Waals surface area contributed by atoms with Crippen molar-refractivity contribution >= 4 is 0 Å². The molecule has 1 rings (SSSR count). The van der Waals surface area contributed by atoms with E-state index in [0.717, 1.165) is 5.92 Å². The van der Waals surface area contributed by atoms with Crippen molar-refractivity contribution in [1.82, 2.24) is 5.32 Å². The highest BCUT2D eigenvalue weighted by Crippen LogP contribution is 2.25. The van der Waals surface area contributed by atoms with Crippen molar-refractivity contribution in [2.24, 2.45) is 11.8 Å². The molecule has 1 fully saturated rings. The Hall–Kier alpha value is -0.0800. The van der Waals surface area contributed by atoms with Crippen molar-refractivity contribution in [2.75, 3.05) is 6.61 Å². The molecule has 0 aliphatic heterocycles. The molecule has 4 unspecified atom stereocenters. The number of aliphatic hydroxyl groups is 1. The Balaban J connectivity index is 2.32. The molecule has 0 saturated heterocycles. The first-order valence-electron chi connectivity index (χ1n) is 7.04. The fourth-order valence-electron chi connectivity index (χ4n) is 2.65. The van der Waals surface area contributed by atoms with Crippen LogP contribution in [0.1, 0.15) is 59.3 Å². The minimum atomic E-state index is 0.290.